The molecule has 0 amide bonds. The fraction of sp³-hybridized carbons (Fsp3) is 0.429. The molecule has 102 valence electrons. The Morgan fingerprint density at radius 3 is 2.74 bits per heavy atom. The van der Waals surface area contributed by atoms with Crippen LogP contribution in [0.4, 0.5) is 0 Å². The topological polar surface area (TPSA) is 37.8 Å². The van der Waals surface area contributed by atoms with Gasteiger partial charge in [0.25, 0.3) is 0 Å². The first-order chi connectivity index (χ1) is 8.94. The molecule has 0 radical (unpaired) electrons. The van der Waals surface area contributed by atoms with Gasteiger partial charge in [-0.05, 0) is 55.5 Å². The second-order valence-electron chi connectivity index (χ2n) is 5.44. The molecule has 0 fully saturated rings. The zero-order chi connectivity index (χ0) is 13.9. The maximum Gasteiger partial charge on any atom is 0.147 e. The number of nitrogens with zero attached hydrogens (tertiary/aromatic N) is 2. The van der Waals surface area contributed by atoms with Crippen LogP contribution in [0.1, 0.15) is 25.8 Å². The minimum Gasteiger partial charge on any atom is -0.312 e. The third kappa shape index (κ3) is 4.81. The molecule has 1 aromatic carbocycles. The zero-order valence-electron chi connectivity index (χ0n) is 11.4. The molecule has 0 saturated heterocycles. The first-order valence-electron chi connectivity index (χ1n) is 6.27. The van der Waals surface area contributed by atoms with Gasteiger partial charge < -0.3 is 5.32 Å². The zero-order valence-corrected chi connectivity index (χ0v) is 14.4. The van der Waals surface area contributed by atoms with Crippen LogP contribution >= 0.6 is 33.9 Å². The third-order valence-electron chi connectivity index (χ3n) is 2.53. The van der Waals surface area contributed by atoms with E-state index < -0.39 is 0 Å². The highest BCUT2D eigenvalue weighted by atomic mass is 127. The highest BCUT2D eigenvalue weighted by Crippen LogP contribution is 2.24. The van der Waals surface area contributed by atoms with Crippen molar-refractivity contribution in [1.82, 2.24) is 15.5 Å². The highest BCUT2D eigenvalue weighted by molar-refractivity contribution is 14.1. The van der Waals surface area contributed by atoms with Crippen LogP contribution in [0.25, 0.3) is 10.6 Å². The van der Waals surface area contributed by atoms with Crippen LogP contribution in [-0.2, 0) is 6.42 Å². The van der Waals surface area contributed by atoms with E-state index in [1.54, 1.807) is 11.3 Å². The number of rotatable bonds is 4. The average Bonchev–Trinajstić information content (AvgIpc) is 2.76. The van der Waals surface area contributed by atoms with Gasteiger partial charge in [-0.3, -0.25) is 0 Å². The molecular formula is C14H18IN3S. The van der Waals surface area contributed by atoms with Gasteiger partial charge in [0, 0.05) is 27.6 Å². The summed E-state index contributed by atoms with van der Waals surface area (Å²) in [4.78, 5) is 0. The lowest BCUT2D eigenvalue weighted by Gasteiger charge is -2.19. The number of halogens is 1. The number of aromatic nitrogens is 2. The molecule has 2 aromatic rings. The quantitative estimate of drug-likeness (QED) is 0.813. The molecule has 5 heteroatoms. The highest BCUT2D eigenvalue weighted by Gasteiger charge is 2.10. The molecule has 1 N–H and O–H groups in total. The van der Waals surface area contributed by atoms with Crippen LogP contribution in [0, 0.1) is 3.57 Å². The maximum atomic E-state index is 4.28. The van der Waals surface area contributed by atoms with Crippen LogP contribution in [0.2, 0.25) is 0 Å². The van der Waals surface area contributed by atoms with E-state index in [1.165, 1.54) is 3.57 Å². The second-order valence-corrected chi connectivity index (χ2v) is 7.75. The van der Waals surface area contributed by atoms with Gasteiger partial charge in [-0.1, -0.05) is 23.5 Å². The van der Waals surface area contributed by atoms with Gasteiger partial charge in [-0.25, -0.2) is 0 Å². The smallest absolute Gasteiger partial charge is 0.147 e. The summed E-state index contributed by atoms with van der Waals surface area (Å²) in [7, 11) is 0. The molecule has 0 atom stereocenters. The van der Waals surface area contributed by atoms with Gasteiger partial charge in [0.15, 0.2) is 0 Å². The lowest BCUT2D eigenvalue weighted by atomic mass is 10.1. The van der Waals surface area contributed by atoms with E-state index >= 15 is 0 Å². The van der Waals surface area contributed by atoms with Crippen LogP contribution in [0.15, 0.2) is 24.3 Å². The summed E-state index contributed by atoms with van der Waals surface area (Å²) in [5.74, 6) is 0. The Morgan fingerprint density at radius 1 is 1.26 bits per heavy atom. The number of benzene rings is 1. The van der Waals surface area contributed by atoms with Crippen molar-refractivity contribution in [2.24, 2.45) is 0 Å². The van der Waals surface area contributed by atoms with Crippen LogP contribution < -0.4 is 5.32 Å². The van der Waals surface area contributed by atoms with Gasteiger partial charge in [0.1, 0.15) is 10.0 Å². The Hall–Kier alpha value is -0.530. The lowest BCUT2D eigenvalue weighted by molar-refractivity contribution is 0.429. The van der Waals surface area contributed by atoms with E-state index in [0.29, 0.717) is 0 Å². The Morgan fingerprint density at radius 2 is 2.05 bits per heavy atom. The predicted molar refractivity (Wildman–Crippen MR) is 89.5 cm³/mol. The maximum absolute atomic E-state index is 4.28. The molecule has 0 aliphatic heterocycles. The van der Waals surface area contributed by atoms with Crippen molar-refractivity contribution in [3.05, 3.63) is 32.8 Å². The summed E-state index contributed by atoms with van der Waals surface area (Å²) in [5.41, 5.74) is 1.31. The van der Waals surface area contributed by atoms with Crippen molar-refractivity contribution >= 4 is 33.9 Å². The normalized spacial score (nSPS) is 11.8. The summed E-state index contributed by atoms with van der Waals surface area (Å²) in [6, 6.07) is 8.36. The molecule has 0 aliphatic carbocycles. The summed E-state index contributed by atoms with van der Waals surface area (Å²) in [6.45, 7) is 7.45. The van der Waals surface area contributed by atoms with Gasteiger partial charge in [-0.15, -0.1) is 10.2 Å². The Bertz CT molecular complexity index is 546. The number of hydrogen-bond donors (Lipinski definition) is 1. The second kappa shape index (κ2) is 6.28. The van der Waals surface area contributed by atoms with Crippen molar-refractivity contribution in [3.8, 4) is 10.6 Å². The molecule has 0 bridgehead atoms. The van der Waals surface area contributed by atoms with Crippen molar-refractivity contribution in [1.29, 1.82) is 0 Å². The Kier molecular flexibility index (Phi) is 4.92. The van der Waals surface area contributed by atoms with Crippen LogP contribution in [-0.4, -0.2) is 22.3 Å². The van der Waals surface area contributed by atoms with E-state index in [4.69, 9.17) is 0 Å². The van der Waals surface area contributed by atoms with Gasteiger partial charge in [0.2, 0.25) is 0 Å². The average molecular weight is 387 g/mol. The minimum absolute atomic E-state index is 0.156. The van der Waals surface area contributed by atoms with Crippen LogP contribution in [0.3, 0.4) is 0 Å². The predicted octanol–water partition coefficient (Wildman–Crippen LogP) is 3.74. The van der Waals surface area contributed by atoms with Crippen LogP contribution in [0.5, 0.6) is 0 Å². The standard InChI is InChI=1S/C14H18IN3S/c1-14(2,3)16-8-7-12-17-18-13(19-12)10-5-4-6-11(15)9-10/h4-6,9,16H,7-8H2,1-3H3. The molecule has 19 heavy (non-hydrogen) atoms. The van der Waals surface area contributed by atoms with E-state index in [0.717, 1.165) is 28.5 Å². The molecule has 1 aromatic heterocycles. The fourth-order valence-corrected chi connectivity index (χ4v) is 3.02. The fourth-order valence-electron chi connectivity index (χ4n) is 1.64. The summed E-state index contributed by atoms with van der Waals surface area (Å²) in [6.07, 6.45) is 0.929. The molecule has 0 spiro atoms. The van der Waals surface area contributed by atoms with Gasteiger partial charge in [0.05, 0.1) is 0 Å². The van der Waals surface area contributed by atoms with Crippen molar-refractivity contribution < 1.29 is 0 Å². The minimum atomic E-state index is 0.156. The molecule has 3 nitrogen and oxygen atoms in total. The monoisotopic (exact) mass is 387 g/mol. The van der Waals surface area contributed by atoms with Gasteiger partial charge >= 0.3 is 0 Å². The van der Waals surface area contributed by atoms with Crippen molar-refractivity contribution in [2.75, 3.05) is 6.54 Å². The van der Waals surface area contributed by atoms with Crippen molar-refractivity contribution in [2.45, 2.75) is 32.7 Å². The molecule has 2 rings (SSSR count). The molecule has 0 unspecified atom stereocenters. The van der Waals surface area contributed by atoms with Crippen molar-refractivity contribution in [3.63, 3.8) is 0 Å². The van der Waals surface area contributed by atoms with E-state index in [1.807, 2.05) is 0 Å². The van der Waals surface area contributed by atoms with E-state index in [9.17, 15) is 0 Å². The molecule has 0 saturated carbocycles. The summed E-state index contributed by atoms with van der Waals surface area (Å²) < 4.78 is 1.22. The Labute approximate surface area is 132 Å². The first-order valence-corrected chi connectivity index (χ1v) is 8.17. The lowest BCUT2D eigenvalue weighted by Crippen LogP contribution is -2.37. The summed E-state index contributed by atoms with van der Waals surface area (Å²) in [5, 5.41) is 14.1. The van der Waals surface area contributed by atoms with E-state index in [-0.39, 0.29) is 5.54 Å². The number of nitrogens with one attached hydrogen (secondary N) is 1. The van der Waals surface area contributed by atoms with E-state index in [2.05, 4.69) is 83.1 Å². The third-order valence-corrected chi connectivity index (χ3v) is 4.24. The molecule has 0 aliphatic rings. The largest absolute Gasteiger partial charge is 0.312 e. The molecular weight excluding hydrogens is 369 g/mol. The number of hydrogen-bond acceptors (Lipinski definition) is 4. The SMILES string of the molecule is CC(C)(C)NCCc1nnc(-c2cccc(I)c2)s1. The summed E-state index contributed by atoms with van der Waals surface area (Å²) >= 11 is 4.00. The molecule has 1 heterocycles. The Balaban J connectivity index is 1.99. The first kappa shape index (κ1) is 14.9. The van der Waals surface area contributed by atoms with Gasteiger partial charge in [-0.2, -0.15) is 0 Å².